The van der Waals surface area contributed by atoms with Crippen molar-refractivity contribution < 1.29 is 4.74 Å². The number of ether oxygens (including phenoxy) is 1. The first-order valence-electron chi connectivity index (χ1n) is 6.97. The largest absolute Gasteiger partial charge is 0.496 e. The minimum Gasteiger partial charge on any atom is -0.496 e. The van der Waals surface area contributed by atoms with Gasteiger partial charge in [0.1, 0.15) is 5.75 Å². The topological polar surface area (TPSA) is 9.23 Å². The molecule has 106 valence electrons. The van der Waals surface area contributed by atoms with E-state index < -0.39 is 0 Å². The molecule has 0 aliphatic carbocycles. The van der Waals surface area contributed by atoms with E-state index in [9.17, 15) is 0 Å². The fraction of sp³-hybridized carbons (Fsp3) is 0.158. The molecule has 3 rings (SSSR count). The van der Waals surface area contributed by atoms with E-state index in [2.05, 4.69) is 42.5 Å². The normalized spacial score (nSPS) is 12.3. The average molecular weight is 297 g/mol. The van der Waals surface area contributed by atoms with Gasteiger partial charge in [-0.1, -0.05) is 54.6 Å². The van der Waals surface area contributed by atoms with Gasteiger partial charge >= 0.3 is 0 Å². The highest BCUT2D eigenvalue weighted by Crippen LogP contribution is 2.35. The summed E-state index contributed by atoms with van der Waals surface area (Å²) in [5.41, 5.74) is 3.29. The monoisotopic (exact) mass is 296 g/mol. The molecule has 1 atom stereocenters. The van der Waals surface area contributed by atoms with Crippen molar-refractivity contribution in [3.8, 4) is 5.75 Å². The molecule has 0 heterocycles. The van der Waals surface area contributed by atoms with E-state index in [1.807, 2.05) is 25.1 Å². The van der Waals surface area contributed by atoms with Gasteiger partial charge in [0.15, 0.2) is 0 Å². The molecule has 0 aliphatic heterocycles. The van der Waals surface area contributed by atoms with Gasteiger partial charge in [0.25, 0.3) is 0 Å². The molecule has 0 amide bonds. The summed E-state index contributed by atoms with van der Waals surface area (Å²) >= 11 is 6.74. The van der Waals surface area contributed by atoms with Crippen LogP contribution in [0, 0.1) is 6.92 Å². The van der Waals surface area contributed by atoms with Crippen LogP contribution in [0.25, 0.3) is 10.8 Å². The first-order chi connectivity index (χ1) is 10.2. The third-order valence-corrected chi connectivity index (χ3v) is 4.31. The number of hydrogen-bond donors (Lipinski definition) is 0. The van der Waals surface area contributed by atoms with E-state index in [0.29, 0.717) is 0 Å². The molecule has 0 aromatic heterocycles. The van der Waals surface area contributed by atoms with Gasteiger partial charge in [0.2, 0.25) is 0 Å². The van der Waals surface area contributed by atoms with Crippen LogP contribution >= 0.6 is 11.6 Å². The summed E-state index contributed by atoms with van der Waals surface area (Å²) in [6, 6.07) is 20.7. The number of halogens is 1. The maximum atomic E-state index is 6.74. The molecule has 0 bridgehead atoms. The van der Waals surface area contributed by atoms with Gasteiger partial charge in [-0.2, -0.15) is 0 Å². The first kappa shape index (κ1) is 14.0. The molecule has 3 aromatic carbocycles. The average Bonchev–Trinajstić information content (AvgIpc) is 2.54. The summed E-state index contributed by atoms with van der Waals surface area (Å²) < 4.78 is 5.40. The van der Waals surface area contributed by atoms with Gasteiger partial charge < -0.3 is 4.74 Å². The molecule has 1 unspecified atom stereocenters. The standard InChI is InChI=1S/C19H17ClO/c1-13-10-11-15(12-18(13)21-2)19(20)17-9-5-7-14-6-3-4-8-16(14)17/h3-12,19H,1-2H3. The third-order valence-electron chi connectivity index (χ3n) is 3.82. The molecular weight excluding hydrogens is 280 g/mol. The summed E-state index contributed by atoms with van der Waals surface area (Å²) in [4.78, 5) is 0. The van der Waals surface area contributed by atoms with Crippen LogP contribution in [0.15, 0.2) is 60.7 Å². The van der Waals surface area contributed by atoms with E-state index in [1.165, 1.54) is 10.8 Å². The number of fused-ring (bicyclic) bond motifs is 1. The summed E-state index contributed by atoms with van der Waals surface area (Å²) in [5.74, 6) is 0.874. The molecule has 0 aliphatic rings. The van der Waals surface area contributed by atoms with Crippen LogP contribution in [0.3, 0.4) is 0 Å². The van der Waals surface area contributed by atoms with Crippen LogP contribution in [0.1, 0.15) is 22.1 Å². The van der Waals surface area contributed by atoms with Crippen molar-refractivity contribution in [1.29, 1.82) is 0 Å². The molecule has 0 radical (unpaired) electrons. The Morgan fingerprint density at radius 3 is 2.52 bits per heavy atom. The minimum atomic E-state index is -0.189. The molecule has 0 spiro atoms. The van der Waals surface area contributed by atoms with E-state index in [1.54, 1.807) is 7.11 Å². The van der Waals surface area contributed by atoms with Crippen LogP contribution < -0.4 is 4.74 Å². The van der Waals surface area contributed by atoms with Crippen molar-refractivity contribution in [3.63, 3.8) is 0 Å². The fourth-order valence-electron chi connectivity index (χ4n) is 2.65. The summed E-state index contributed by atoms with van der Waals surface area (Å²) in [5, 5.41) is 2.21. The number of rotatable bonds is 3. The van der Waals surface area contributed by atoms with Gasteiger partial charge in [0.05, 0.1) is 12.5 Å². The smallest absolute Gasteiger partial charge is 0.122 e. The highest BCUT2D eigenvalue weighted by molar-refractivity contribution is 6.23. The van der Waals surface area contributed by atoms with Crippen molar-refractivity contribution >= 4 is 22.4 Å². The minimum absolute atomic E-state index is 0.189. The number of methoxy groups -OCH3 is 1. The van der Waals surface area contributed by atoms with Crippen molar-refractivity contribution in [2.75, 3.05) is 7.11 Å². The lowest BCUT2D eigenvalue weighted by molar-refractivity contribution is 0.411. The van der Waals surface area contributed by atoms with E-state index in [-0.39, 0.29) is 5.38 Å². The van der Waals surface area contributed by atoms with Gasteiger partial charge in [0, 0.05) is 0 Å². The predicted molar refractivity (Wildman–Crippen MR) is 89.4 cm³/mol. The zero-order valence-corrected chi connectivity index (χ0v) is 12.9. The van der Waals surface area contributed by atoms with Crippen molar-refractivity contribution in [1.82, 2.24) is 0 Å². The SMILES string of the molecule is COc1cc(C(Cl)c2cccc3ccccc23)ccc1C. The van der Waals surface area contributed by atoms with Crippen LogP contribution in [0.5, 0.6) is 5.75 Å². The molecule has 0 saturated carbocycles. The zero-order valence-electron chi connectivity index (χ0n) is 12.1. The van der Waals surface area contributed by atoms with Gasteiger partial charge in [-0.05, 0) is 40.5 Å². The van der Waals surface area contributed by atoms with Crippen LogP contribution in [-0.2, 0) is 0 Å². The molecular formula is C19H17ClO. The predicted octanol–water partition coefficient (Wildman–Crippen LogP) is 5.49. The molecule has 0 N–H and O–H groups in total. The number of hydrogen-bond acceptors (Lipinski definition) is 1. The Labute approximate surface area is 130 Å². The van der Waals surface area contributed by atoms with Crippen LogP contribution in [0.2, 0.25) is 0 Å². The first-order valence-corrected chi connectivity index (χ1v) is 7.40. The zero-order chi connectivity index (χ0) is 14.8. The maximum Gasteiger partial charge on any atom is 0.122 e. The Hall–Kier alpha value is -1.99. The van der Waals surface area contributed by atoms with Gasteiger partial charge in [-0.15, -0.1) is 11.6 Å². The number of alkyl halides is 1. The second kappa shape index (κ2) is 5.79. The highest BCUT2D eigenvalue weighted by atomic mass is 35.5. The molecule has 0 fully saturated rings. The van der Waals surface area contributed by atoms with Crippen molar-refractivity contribution in [2.45, 2.75) is 12.3 Å². The van der Waals surface area contributed by atoms with E-state index in [0.717, 1.165) is 22.4 Å². The molecule has 1 nitrogen and oxygen atoms in total. The Kier molecular flexibility index (Phi) is 3.85. The molecule has 3 aromatic rings. The van der Waals surface area contributed by atoms with Gasteiger partial charge in [-0.3, -0.25) is 0 Å². The highest BCUT2D eigenvalue weighted by Gasteiger charge is 2.15. The summed E-state index contributed by atoms with van der Waals surface area (Å²) in [6.45, 7) is 2.03. The van der Waals surface area contributed by atoms with Crippen LogP contribution in [-0.4, -0.2) is 7.11 Å². The van der Waals surface area contributed by atoms with Crippen molar-refractivity contribution in [3.05, 3.63) is 77.4 Å². The second-order valence-corrected chi connectivity index (χ2v) is 5.60. The maximum absolute atomic E-state index is 6.74. The summed E-state index contributed by atoms with van der Waals surface area (Å²) in [6.07, 6.45) is 0. The lowest BCUT2D eigenvalue weighted by Gasteiger charge is -2.15. The number of aryl methyl sites for hydroxylation is 1. The second-order valence-electron chi connectivity index (χ2n) is 5.16. The lowest BCUT2D eigenvalue weighted by Crippen LogP contribution is -1.96. The molecule has 2 heteroatoms. The number of benzene rings is 3. The third kappa shape index (κ3) is 2.62. The molecule has 0 saturated heterocycles. The Bertz CT molecular complexity index is 774. The van der Waals surface area contributed by atoms with Crippen molar-refractivity contribution in [2.24, 2.45) is 0 Å². The quantitative estimate of drug-likeness (QED) is 0.581. The Balaban J connectivity index is 2.10. The molecule has 21 heavy (non-hydrogen) atoms. The Morgan fingerprint density at radius 2 is 1.71 bits per heavy atom. The van der Waals surface area contributed by atoms with Gasteiger partial charge in [-0.25, -0.2) is 0 Å². The van der Waals surface area contributed by atoms with E-state index in [4.69, 9.17) is 16.3 Å². The summed E-state index contributed by atoms with van der Waals surface area (Å²) in [7, 11) is 1.69. The fourth-order valence-corrected chi connectivity index (χ4v) is 2.97. The van der Waals surface area contributed by atoms with Crippen LogP contribution in [0.4, 0.5) is 0 Å². The Morgan fingerprint density at radius 1 is 0.952 bits per heavy atom. The lowest BCUT2D eigenvalue weighted by atomic mass is 9.97. The van der Waals surface area contributed by atoms with E-state index >= 15 is 0 Å².